The lowest BCUT2D eigenvalue weighted by atomic mass is 9.79. The van der Waals surface area contributed by atoms with Gasteiger partial charge in [-0.1, -0.05) is 42.3 Å². The molecule has 0 radical (unpaired) electrons. The maximum absolute atomic E-state index is 12.8. The third-order valence-electron chi connectivity index (χ3n) is 8.42. The number of nitrogens with one attached hydrogen (secondary N) is 4. The number of aliphatic hydroxyl groups excluding tert-OH is 1. The Bertz CT molecular complexity index is 1490. The molecule has 1 spiro atoms. The first-order valence-electron chi connectivity index (χ1n) is 14.2. The van der Waals surface area contributed by atoms with E-state index >= 15 is 0 Å². The van der Waals surface area contributed by atoms with E-state index in [9.17, 15) is 9.90 Å². The molecular formula is C30H37N7O3. The molecule has 10 nitrogen and oxygen atoms in total. The van der Waals surface area contributed by atoms with Gasteiger partial charge in [-0.05, 0) is 62.8 Å². The van der Waals surface area contributed by atoms with Crippen LogP contribution in [0, 0.1) is 0 Å². The fourth-order valence-electron chi connectivity index (χ4n) is 6.40. The van der Waals surface area contributed by atoms with Gasteiger partial charge in [0.05, 0.1) is 5.41 Å². The fraction of sp³-hybridized carbons (Fsp3) is 0.467. The van der Waals surface area contributed by atoms with Crippen LogP contribution >= 0.6 is 0 Å². The van der Waals surface area contributed by atoms with E-state index in [1.54, 1.807) is 0 Å². The summed E-state index contributed by atoms with van der Waals surface area (Å²) in [6.07, 6.45) is 7.49. The number of hydrogen-bond donors (Lipinski definition) is 5. The molecule has 40 heavy (non-hydrogen) atoms. The zero-order valence-corrected chi connectivity index (χ0v) is 23.1. The zero-order chi connectivity index (χ0) is 27.7. The molecule has 5 N–H and O–H groups in total. The van der Waals surface area contributed by atoms with Crippen LogP contribution in [0.2, 0.25) is 0 Å². The van der Waals surface area contributed by atoms with Crippen molar-refractivity contribution < 1.29 is 14.6 Å². The minimum atomic E-state index is -0.695. The van der Waals surface area contributed by atoms with Gasteiger partial charge in [-0.25, -0.2) is 0 Å². The van der Waals surface area contributed by atoms with Crippen molar-refractivity contribution in [1.82, 2.24) is 30.9 Å². The third kappa shape index (κ3) is 5.09. The molecule has 1 saturated carbocycles. The highest BCUT2D eigenvalue weighted by Crippen LogP contribution is 2.52. The van der Waals surface area contributed by atoms with Crippen molar-refractivity contribution in [2.45, 2.75) is 75.9 Å². The van der Waals surface area contributed by atoms with Crippen LogP contribution in [0.5, 0.6) is 5.75 Å². The minimum Gasteiger partial charge on any atom is -0.490 e. The Morgan fingerprint density at radius 3 is 2.75 bits per heavy atom. The van der Waals surface area contributed by atoms with E-state index in [1.165, 1.54) is 16.5 Å². The zero-order valence-electron chi connectivity index (χ0n) is 23.1. The molecule has 1 aliphatic heterocycles. The van der Waals surface area contributed by atoms with Gasteiger partial charge in [-0.2, -0.15) is 5.21 Å². The lowest BCUT2D eigenvalue weighted by Crippen LogP contribution is -2.46. The molecule has 2 aromatic heterocycles. The number of para-hydroxylation sites is 1. The Morgan fingerprint density at radius 2 is 1.95 bits per heavy atom. The van der Waals surface area contributed by atoms with Crippen molar-refractivity contribution >= 4 is 22.5 Å². The van der Waals surface area contributed by atoms with Gasteiger partial charge in [0.25, 0.3) is 0 Å². The first kappa shape index (κ1) is 26.5. The second kappa shape index (κ2) is 10.7. The minimum absolute atomic E-state index is 0.0800. The van der Waals surface area contributed by atoms with Crippen molar-refractivity contribution in [2.24, 2.45) is 0 Å². The van der Waals surface area contributed by atoms with E-state index in [2.05, 4.69) is 74.5 Å². The first-order chi connectivity index (χ1) is 19.3. The van der Waals surface area contributed by atoms with E-state index in [-0.39, 0.29) is 18.1 Å². The number of ether oxygens (including phenoxy) is 1. The van der Waals surface area contributed by atoms with Crippen LogP contribution in [0.25, 0.3) is 10.9 Å². The molecule has 210 valence electrons. The summed E-state index contributed by atoms with van der Waals surface area (Å²) in [4.78, 5) is 16.3. The maximum Gasteiger partial charge on any atom is 0.235 e. The summed E-state index contributed by atoms with van der Waals surface area (Å²) in [5, 5.41) is 32.8. The summed E-state index contributed by atoms with van der Waals surface area (Å²) >= 11 is 0. The molecule has 1 aliphatic carbocycles. The monoisotopic (exact) mass is 543 g/mol. The number of anilines is 1. The predicted molar refractivity (Wildman–Crippen MR) is 152 cm³/mol. The van der Waals surface area contributed by atoms with Gasteiger partial charge in [-0.3, -0.25) is 4.79 Å². The highest BCUT2D eigenvalue weighted by atomic mass is 16.5. The number of aryl methyl sites for hydroxylation is 2. The van der Waals surface area contributed by atoms with E-state index in [4.69, 9.17) is 4.74 Å². The quantitative estimate of drug-likeness (QED) is 0.195. The van der Waals surface area contributed by atoms with Gasteiger partial charge in [-0.15, -0.1) is 10.2 Å². The Morgan fingerprint density at radius 1 is 1.12 bits per heavy atom. The van der Waals surface area contributed by atoms with Crippen LogP contribution in [0.1, 0.15) is 62.0 Å². The van der Waals surface area contributed by atoms with Gasteiger partial charge >= 0.3 is 0 Å². The number of H-pyrrole nitrogens is 2. The number of aromatic nitrogens is 5. The number of hydrogen-bond acceptors (Lipinski definition) is 7. The molecule has 0 saturated heterocycles. The summed E-state index contributed by atoms with van der Waals surface area (Å²) in [6, 6.07) is 12.1. The van der Waals surface area contributed by atoms with Crippen LogP contribution in [0.4, 0.5) is 5.69 Å². The molecule has 10 heteroatoms. The number of aromatic amines is 2. The predicted octanol–water partition coefficient (Wildman–Crippen LogP) is 3.58. The van der Waals surface area contributed by atoms with Crippen LogP contribution in [-0.2, 0) is 29.5 Å². The smallest absolute Gasteiger partial charge is 0.235 e. The molecule has 1 fully saturated rings. The molecule has 0 bridgehead atoms. The highest BCUT2D eigenvalue weighted by Gasteiger charge is 2.50. The normalized spacial score (nSPS) is 16.9. The highest BCUT2D eigenvalue weighted by molar-refractivity contribution is 6.07. The summed E-state index contributed by atoms with van der Waals surface area (Å²) in [7, 11) is 0. The molecular weight excluding hydrogens is 506 g/mol. The Kier molecular flexibility index (Phi) is 7.06. The number of rotatable bonds is 11. The second-order valence-electron chi connectivity index (χ2n) is 11.8. The third-order valence-corrected chi connectivity index (χ3v) is 8.42. The molecule has 6 rings (SSSR count). The van der Waals surface area contributed by atoms with E-state index in [0.29, 0.717) is 18.1 Å². The number of nitrogens with zero attached hydrogens (tertiary/aromatic N) is 3. The van der Waals surface area contributed by atoms with Crippen LogP contribution in [0.3, 0.4) is 0 Å². The van der Waals surface area contributed by atoms with E-state index in [1.807, 2.05) is 18.2 Å². The Balaban J connectivity index is 1.06. The standard InChI is InChI=1S/C30H37N7O3/c1-29(2,15-20-16-31-27-19(7-5-8-22(20)27)11-12-25-34-36-37-35-25)32-17-21(38)18-40-24-10-6-9-23-26(24)30(28(39)33-23)13-3-4-14-30/h5-10,16,21,31-32,38H,3-4,11-15,17-18H2,1-2H3,(H,33,39)(H,34,35,36,37)/t21-/m0/s1. The van der Waals surface area contributed by atoms with Crippen molar-refractivity contribution in [3.8, 4) is 5.75 Å². The number of aliphatic hydroxyl groups is 1. The molecule has 2 aromatic carbocycles. The SMILES string of the molecule is CC(C)(Cc1c[nH]c2c(CCc3nn[nH]n3)cccc12)NC[C@H](O)COc1cccc2c1C1(CCCC1)C(=O)N2. The lowest BCUT2D eigenvalue weighted by Gasteiger charge is -2.28. The van der Waals surface area contributed by atoms with E-state index < -0.39 is 11.5 Å². The Hall–Kier alpha value is -3.76. The molecule has 0 unspecified atom stereocenters. The summed E-state index contributed by atoms with van der Waals surface area (Å²) in [5.41, 5.74) is 4.64. The van der Waals surface area contributed by atoms with Gasteiger partial charge in [0.2, 0.25) is 5.91 Å². The van der Waals surface area contributed by atoms with Crippen molar-refractivity contribution in [1.29, 1.82) is 0 Å². The van der Waals surface area contributed by atoms with Crippen molar-refractivity contribution in [2.75, 3.05) is 18.5 Å². The van der Waals surface area contributed by atoms with Crippen LogP contribution in [0.15, 0.2) is 42.6 Å². The van der Waals surface area contributed by atoms with Crippen molar-refractivity contribution in [3.05, 3.63) is 65.1 Å². The fourth-order valence-corrected chi connectivity index (χ4v) is 6.40. The van der Waals surface area contributed by atoms with Gasteiger partial charge in [0.1, 0.15) is 18.5 Å². The summed E-state index contributed by atoms with van der Waals surface area (Å²) in [6.45, 7) is 4.83. The molecule has 2 aliphatic rings. The first-order valence-corrected chi connectivity index (χ1v) is 14.2. The Labute approximate surface area is 233 Å². The van der Waals surface area contributed by atoms with Crippen LogP contribution < -0.4 is 15.4 Å². The maximum atomic E-state index is 12.8. The molecule has 4 aromatic rings. The number of carbonyl (C=O) groups excluding carboxylic acids is 1. The summed E-state index contributed by atoms with van der Waals surface area (Å²) < 4.78 is 6.14. The van der Waals surface area contributed by atoms with E-state index in [0.717, 1.165) is 61.7 Å². The van der Waals surface area contributed by atoms with Crippen molar-refractivity contribution in [3.63, 3.8) is 0 Å². The number of benzene rings is 2. The number of tetrazole rings is 1. The number of carbonyl (C=O) groups is 1. The molecule has 1 amide bonds. The number of β-amino-alcohol motifs (C(OH)–C–C–N with tert-alkyl or cyclic N) is 1. The van der Waals surface area contributed by atoms with Gasteiger partial charge in [0.15, 0.2) is 5.82 Å². The summed E-state index contributed by atoms with van der Waals surface area (Å²) in [5.74, 6) is 1.48. The van der Waals surface area contributed by atoms with Gasteiger partial charge < -0.3 is 25.5 Å². The van der Waals surface area contributed by atoms with Gasteiger partial charge in [0, 0.05) is 46.9 Å². The molecule has 1 atom stereocenters. The average Bonchev–Trinajstić information content (AvgIpc) is 3.75. The largest absolute Gasteiger partial charge is 0.490 e. The molecule has 3 heterocycles. The van der Waals surface area contributed by atoms with Crippen LogP contribution in [-0.4, -0.2) is 61.4 Å². The number of amides is 1. The average molecular weight is 544 g/mol. The lowest BCUT2D eigenvalue weighted by molar-refractivity contribution is -0.120. The number of fused-ring (bicyclic) bond motifs is 3. The second-order valence-corrected chi connectivity index (χ2v) is 11.8. The topological polar surface area (TPSA) is 141 Å².